The molecule has 0 aromatic carbocycles. The zero-order valence-corrected chi connectivity index (χ0v) is 16.7. The molecule has 0 unspecified atom stereocenters. The molecule has 2 aliphatic heterocycles. The molecular weight excluding hydrogens is 358 g/mol. The Bertz CT molecular complexity index is 990. The van der Waals surface area contributed by atoms with Gasteiger partial charge in [-0.3, -0.25) is 19.5 Å². The third-order valence-corrected chi connectivity index (χ3v) is 5.85. The molecule has 1 saturated heterocycles. The number of rotatable bonds is 2. The highest BCUT2D eigenvalue weighted by Gasteiger charge is 2.30. The van der Waals surface area contributed by atoms with Gasteiger partial charge in [0.05, 0.1) is 29.5 Å². The van der Waals surface area contributed by atoms with E-state index in [9.17, 15) is 14.4 Å². The maximum Gasteiger partial charge on any atom is 0.277 e. The zero-order valence-electron chi connectivity index (χ0n) is 16.7. The Morgan fingerprint density at radius 3 is 2.75 bits per heavy atom. The highest BCUT2D eigenvalue weighted by molar-refractivity contribution is 5.78. The number of carbonyl (C=O) groups excluding carboxylic acids is 2. The SMILES string of the molecule is CC(=O)N1CCCC[C@@H]1c1cc2nc3c(c(=O)n2[nH]1)CN(C(=O)C(C)C)CC3. The van der Waals surface area contributed by atoms with Crippen molar-refractivity contribution >= 4 is 17.5 Å². The molecule has 4 heterocycles. The van der Waals surface area contributed by atoms with Crippen molar-refractivity contribution in [1.29, 1.82) is 0 Å². The Morgan fingerprint density at radius 2 is 2.04 bits per heavy atom. The van der Waals surface area contributed by atoms with E-state index >= 15 is 0 Å². The molecule has 28 heavy (non-hydrogen) atoms. The van der Waals surface area contributed by atoms with Crippen LogP contribution in [-0.4, -0.2) is 49.3 Å². The number of aromatic amines is 1. The fourth-order valence-corrected chi connectivity index (χ4v) is 4.36. The predicted molar refractivity (Wildman–Crippen MR) is 104 cm³/mol. The van der Waals surface area contributed by atoms with Gasteiger partial charge in [0.2, 0.25) is 11.8 Å². The molecule has 0 spiro atoms. The lowest BCUT2D eigenvalue weighted by molar-refractivity contribution is -0.135. The van der Waals surface area contributed by atoms with Gasteiger partial charge in [-0.2, -0.15) is 0 Å². The van der Waals surface area contributed by atoms with Crippen LogP contribution in [0.4, 0.5) is 0 Å². The number of hydrogen-bond acceptors (Lipinski definition) is 4. The largest absolute Gasteiger partial charge is 0.337 e. The normalized spacial score (nSPS) is 19.9. The summed E-state index contributed by atoms with van der Waals surface area (Å²) in [5.74, 6) is 0.00868. The molecule has 0 bridgehead atoms. The molecule has 2 aliphatic rings. The van der Waals surface area contributed by atoms with Crippen LogP contribution in [0.2, 0.25) is 0 Å². The standard InChI is InChI=1S/C20H27N5O3/c1-12(2)19(27)23-9-7-15-14(11-23)20(28)25-18(21-15)10-16(22-25)17-6-4-5-8-24(17)13(3)26/h10,12,17,22H,4-9,11H2,1-3H3/t17-/m1/s1. The Balaban J connectivity index is 1.72. The number of H-pyrrole nitrogens is 1. The number of amides is 2. The molecule has 150 valence electrons. The first-order valence-electron chi connectivity index (χ1n) is 10.1. The van der Waals surface area contributed by atoms with E-state index in [1.807, 2.05) is 24.8 Å². The van der Waals surface area contributed by atoms with Crippen molar-refractivity contribution in [2.24, 2.45) is 5.92 Å². The molecule has 0 saturated carbocycles. The number of nitrogens with zero attached hydrogens (tertiary/aromatic N) is 4. The molecule has 2 aromatic rings. The van der Waals surface area contributed by atoms with Gasteiger partial charge < -0.3 is 9.80 Å². The van der Waals surface area contributed by atoms with Crippen LogP contribution in [0.25, 0.3) is 5.65 Å². The molecule has 1 atom stereocenters. The van der Waals surface area contributed by atoms with Crippen LogP contribution in [-0.2, 0) is 22.6 Å². The Labute approximate surface area is 163 Å². The van der Waals surface area contributed by atoms with Crippen molar-refractivity contribution in [1.82, 2.24) is 24.4 Å². The fourth-order valence-electron chi connectivity index (χ4n) is 4.36. The lowest BCUT2D eigenvalue weighted by Gasteiger charge is -2.34. The second kappa shape index (κ2) is 7.07. The van der Waals surface area contributed by atoms with Crippen LogP contribution in [0.5, 0.6) is 0 Å². The van der Waals surface area contributed by atoms with Gasteiger partial charge >= 0.3 is 0 Å². The molecule has 0 aliphatic carbocycles. The number of nitrogens with one attached hydrogen (secondary N) is 1. The number of fused-ring (bicyclic) bond motifs is 2. The van der Waals surface area contributed by atoms with Crippen LogP contribution in [0, 0.1) is 5.92 Å². The van der Waals surface area contributed by atoms with Gasteiger partial charge in [0.15, 0.2) is 5.65 Å². The van der Waals surface area contributed by atoms with Gasteiger partial charge in [0, 0.05) is 38.4 Å². The van der Waals surface area contributed by atoms with Crippen molar-refractivity contribution in [3.63, 3.8) is 0 Å². The van der Waals surface area contributed by atoms with Crippen LogP contribution >= 0.6 is 0 Å². The Kier molecular flexibility index (Phi) is 4.72. The van der Waals surface area contributed by atoms with Gasteiger partial charge in [-0.05, 0) is 19.3 Å². The van der Waals surface area contributed by atoms with Crippen molar-refractivity contribution in [2.45, 2.75) is 59.0 Å². The average molecular weight is 385 g/mol. The molecule has 8 nitrogen and oxygen atoms in total. The maximum atomic E-state index is 13.1. The third kappa shape index (κ3) is 3.10. The molecule has 0 radical (unpaired) electrons. The second-order valence-electron chi connectivity index (χ2n) is 8.14. The van der Waals surface area contributed by atoms with Crippen molar-refractivity contribution < 1.29 is 9.59 Å². The van der Waals surface area contributed by atoms with E-state index in [1.165, 1.54) is 4.52 Å². The van der Waals surface area contributed by atoms with E-state index in [0.717, 1.165) is 37.2 Å². The van der Waals surface area contributed by atoms with Gasteiger partial charge in [0.1, 0.15) is 0 Å². The van der Waals surface area contributed by atoms with Crippen LogP contribution in [0.1, 0.15) is 63.0 Å². The topological polar surface area (TPSA) is 90.8 Å². The lowest BCUT2D eigenvalue weighted by atomic mass is 9.99. The molecule has 1 N–H and O–H groups in total. The minimum absolute atomic E-state index is 0.0470. The van der Waals surface area contributed by atoms with Gasteiger partial charge in [0.25, 0.3) is 5.56 Å². The minimum atomic E-state index is -0.155. The van der Waals surface area contributed by atoms with E-state index in [-0.39, 0.29) is 29.3 Å². The Hall–Kier alpha value is -2.64. The second-order valence-corrected chi connectivity index (χ2v) is 8.14. The van der Waals surface area contributed by atoms with E-state index in [0.29, 0.717) is 30.7 Å². The van der Waals surface area contributed by atoms with Crippen LogP contribution in [0.15, 0.2) is 10.9 Å². The fraction of sp³-hybridized carbons (Fsp3) is 0.600. The van der Waals surface area contributed by atoms with Gasteiger partial charge in [-0.1, -0.05) is 13.8 Å². The first kappa shape index (κ1) is 18.7. The number of aromatic nitrogens is 3. The summed E-state index contributed by atoms with van der Waals surface area (Å²) < 4.78 is 1.46. The van der Waals surface area contributed by atoms with Crippen molar-refractivity contribution in [2.75, 3.05) is 13.1 Å². The van der Waals surface area contributed by atoms with Gasteiger partial charge in [-0.15, -0.1) is 0 Å². The monoisotopic (exact) mass is 385 g/mol. The van der Waals surface area contributed by atoms with E-state index in [1.54, 1.807) is 11.8 Å². The molecule has 2 aromatic heterocycles. The summed E-state index contributed by atoms with van der Waals surface area (Å²) in [6, 6.07) is 1.84. The predicted octanol–water partition coefficient (Wildman–Crippen LogP) is 1.64. The smallest absolute Gasteiger partial charge is 0.277 e. The average Bonchev–Trinajstić information content (AvgIpc) is 3.11. The molecule has 2 amide bonds. The Morgan fingerprint density at radius 1 is 1.25 bits per heavy atom. The summed E-state index contributed by atoms with van der Waals surface area (Å²) in [4.78, 5) is 45.8. The third-order valence-electron chi connectivity index (χ3n) is 5.85. The maximum absolute atomic E-state index is 13.1. The van der Waals surface area contributed by atoms with Crippen LogP contribution < -0.4 is 5.56 Å². The summed E-state index contributed by atoms with van der Waals surface area (Å²) in [5, 5.41) is 3.18. The number of piperidine rings is 1. The van der Waals surface area contributed by atoms with E-state index in [4.69, 9.17) is 4.98 Å². The van der Waals surface area contributed by atoms with Crippen molar-refractivity contribution in [3.8, 4) is 0 Å². The molecular formula is C20H27N5O3. The van der Waals surface area contributed by atoms with E-state index in [2.05, 4.69) is 5.10 Å². The number of likely N-dealkylation sites (tertiary alicyclic amines) is 1. The first-order chi connectivity index (χ1) is 13.4. The number of hydrogen-bond donors (Lipinski definition) is 1. The lowest BCUT2D eigenvalue weighted by Crippen LogP contribution is -2.42. The summed E-state index contributed by atoms with van der Waals surface area (Å²) in [7, 11) is 0. The quantitative estimate of drug-likeness (QED) is 0.851. The molecule has 8 heteroatoms. The molecule has 4 rings (SSSR count). The van der Waals surface area contributed by atoms with E-state index < -0.39 is 0 Å². The minimum Gasteiger partial charge on any atom is -0.337 e. The highest BCUT2D eigenvalue weighted by Crippen LogP contribution is 2.30. The summed E-state index contributed by atoms with van der Waals surface area (Å²) in [6.45, 7) is 6.96. The number of carbonyl (C=O) groups is 2. The van der Waals surface area contributed by atoms with Crippen molar-refractivity contribution in [3.05, 3.63) is 33.4 Å². The highest BCUT2D eigenvalue weighted by atomic mass is 16.2. The van der Waals surface area contributed by atoms with Crippen LogP contribution in [0.3, 0.4) is 0 Å². The molecule has 1 fully saturated rings. The van der Waals surface area contributed by atoms with Gasteiger partial charge in [-0.25, -0.2) is 9.50 Å². The summed E-state index contributed by atoms with van der Waals surface area (Å²) >= 11 is 0. The summed E-state index contributed by atoms with van der Waals surface area (Å²) in [6.07, 6.45) is 3.51. The zero-order chi connectivity index (χ0) is 20.0. The summed E-state index contributed by atoms with van der Waals surface area (Å²) in [5.41, 5.74) is 2.62. The first-order valence-corrected chi connectivity index (χ1v) is 10.1.